The highest BCUT2D eigenvalue weighted by molar-refractivity contribution is 7.20. The quantitative estimate of drug-likeness (QED) is 0.595. The lowest BCUT2D eigenvalue weighted by atomic mass is 10.1. The summed E-state index contributed by atoms with van der Waals surface area (Å²) in [5.74, 6) is 1.03. The number of benzene rings is 2. The first-order valence-electron chi connectivity index (χ1n) is 8.31. The van der Waals surface area contributed by atoms with Gasteiger partial charge in [0.1, 0.15) is 5.75 Å². The van der Waals surface area contributed by atoms with E-state index in [1.165, 1.54) is 22.5 Å². The van der Waals surface area contributed by atoms with Crippen molar-refractivity contribution in [1.82, 2.24) is 19.8 Å². The topological polar surface area (TPSA) is 66.6 Å². The third kappa shape index (κ3) is 3.01. The van der Waals surface area contributed by atoms with Crippen molar-refractivity contribution in [2.24, 2.45) is 0 Å². The first kappa shape index (κ1) is 16.5. The maximum atomic E-state index is 9.41. The minimum Gasteiger partial charge on any atom is -0.508 e. The van der Waals surface area contributed by atoms with Gasteiger partial charge in [0.05, 0.1) is 0 Å². The van der Waals surface area contributed by atoms with Crippen molar-refractivity contribution in [2.45, 2.75) is 20.3 Å². The number of aromatic hydroxyl groups is 1. The largest absolute Gasteiger partial charge is 0.508 e. The fourth-order valence-corrected chi connectivity index (χ4v) is 3.58. The Morgan fingerprint density at radius 1 is 1.04 bits per heavy atom. The summed E-state index contributed by atoms with van der Waals surface area (Å²) in [6, 6.07) is 13.5. The number of phenols is 1. The minimum absolute atomic E-state index is 0.256. The van der Waals surface area contributed by atoms with E-state index in [1.54, 1.807) is 16.6 Å². The average molecular weight is 365 g/mol. The van der Waals surface area contributed by atoms with Gasteiger partial charge in [-0.1, -0.05) is 29.5 Å². The molecule has 26 heavy (non-hydrogen) atoms. The van der Waals surface area contributed by atoms with Gasteiger partial charge in [0.2, 0.25) is 10.1 Å². The van der Waals surface area contributed by atoms with Gasteiger partial charge in [-0.3, -0.25) is 0 Å². The van der Waals surface area contributed by atoms with E-state index in [2.05, 4.69) is 47.1 Å². The van der Waals surface area contributed by atoms with Crippen LogP contribution >= 0.6 is 11.3 Å². The predicted octanol–water partition coefficient (Wildman–Crippen LogP) is 3.87. The number of aromatic nitrogens is 4. The van der Waals surface area contributed by atoms with Crippen LogP contribution in [0.5, 0.6) is 5.75 Å². The van der Waals surface area contributed by atoms with Gasteiger partial charge in [0.15, 0.2) is 5.82 Å². The van der Waals surface area contributed by atoms with Crippen molar-refractivity contribution in [1.29, 1.82) is 0 Å². The van der Waals surface area contributed by atoms with Gasteiger partial charge in [-0.25, -0.2) is 0 Å². The Kier molecular flexibility index (Phi) is 4.08. The summed E-state index contributed by atoms with van der Waals surface area (Å²) in [5, 5.41) is 23.5. The number of anilines is 2. The fourth-order valence-electron chi connectivity index (χ4n) is 2.73. The molecule has 0 bridgehead atoms. The van der Waals surface area contributed by atoms with Crippen LogP contribution < -0.4 is 4.90 Å². The van der Waals surface area contributed by atoms with Crippen LogP contribution in [0.1, 0.15) is 22.5 Å². The molecule has 6 nitrogen and oxygen atoms in total. The highest BCUT2D eigenvalue weighted by Gasteiger charge is 2.16. The molecule has 2 aromatic carbocycles. The summed E-state index contributed by atoms with van der Waals surface area (Å²) < 4.78 is 1.80. The van der Waals surface area contributed by atoms with E-state index in [9.17, 15) is 5.11 Å². The summed E-state index contributed by atoms with van der Waals surface area (Å²) >= 11 is 1.51. The number of fused-ring (bicyclic) bond motifs is 1. The number of hydrogen-bond donors (Lipinski definition) is 1. The van der Waals surface area contributed by atoms with Crippen LogP contribution in [-0.2, 0) is 6.42 Å². The maximum absolute atomic E-state index is 9.41. The summed E-state index contributed by atoms with van der Waals surface area (Å²) in [6.07, 6.45) is 0.609. The van der Waals surface area contributed by atoms with Crippen molar-refractivity contribution in [3.63, 3.8) is 0 Å². The second-order valence-electron chi connectivity index (χ2n) is 6.37. The Bertz CT molecular complexity index is 1070. The molecule has 1 N–H and O–H groups in total. The van der Waals surface area contributed by atoms with Gasteiger partial charge in [-0.15, -0.1) is 15.3 Å². The van der Waals surface area contributed by atoms with Gasteiger partial charge in [-0.05, 0) is 54.8 Å². The van der Waals surface area contributed by atoms with E-state index in [4.69, 9.17) is 5.10 Å². The molecule has 0 aliphatic rings. The van der Waals surface area contributed by atoms with E-state index in [-0.39, 0.29) is 5.75 Å². The van der Waals surface area contributed by atoms with Crippen LogP contribution in [0.2, 0.25) is 0 Å². The zero-order chi connectivity index (χ0) is 18.3. The molecule has 0 amide bonds. The van der Waals surface area contributed by atoms with Crippen LogP contribution in [0.3, 0.4) is 0 Å². The molecule has 0 saturated carbocycles. The minimum atomic E-state index is 0.256. The molecule has 4 aromatic rings. The average Bonchev–Trinajstić information content (AvgIpc) is 3.20. The van der Waals surface area contributed by atoms with E-state index >= 15 is 0 Å². The molecule has 0 radical (unpaired) electrons. The molecule has 0 atom stereocenters. The standard InChI is InChI=1S/C19H19N5OS/c1-12-4-7-15(10-13(12)2)23(3)19-22-24-17(20-21-18(24)26-19)11-14-5-8-16(25)9-6-14/h4-10,25H,11H2,1-3H3. The molecule has 0 unspecified atom stereocenters. The molecular formula is C19H19N5OS. The third-order valence-corrected chi connectivity index (χ3v) is 5.48. The second-order valence-corrected chi connectivity index (χ2v) is 7.30. The predicted molar refractivity (Wildman–Crippen MR) is 104 cm³/mol. The third-order valence-electron chi connectivity index (χ3n) is 4.51. The Balaban J connectivity index is 1.64. The van der Waals surface area contributed by atoms with Gasteiger partial charge in [-0.2, -0.15) is 4.52 Å². The molecule has 0 aliphatic carbocycles. The number of hydrogen-bond acceptors (Lipinski definition) is 6. The van der Waals surface area contributed by atoms with Crippen LogP contribution in [0, 0.1) is 13.8 Å². The SMILES string of the molecule is Cc1ccc(N(C)c2nn3c(Cc4ccc(O)cc4)nnc3s2)cc1C. The number of rotatable bonds is 4. The molecule has 132 valence electrons. The molecule has 0 saturated heterocycles. The highest BCUT2D eigenvalue weighted by atomic mass is 32.1. The van der Waals surface area contributed by atoms with Gasteiger partial charge < -0.3 is 10.0 Å². The van der Waals surface area contributed by atoms with Crippen LogP contribution in [0.15, 0.2) is 42.5 Å². The van der Waals surface area contributed by atoms with Crippen molar-refractivity contribution in [3.8, 4) is 5.75 Å². The fraction of sp³-hybridized carbons (Fsp3) is 0.211. The van der Waals surface area contributed by atoms with Crippen LogP contribution in [0.25, 0.3) is 4.96 Å². The van der Waals surface area contributed by atoms with E-state index in [0.717, 1.165) is 27.2 Å². The molecule has 2 aromatic heterocycles. The number of aryl methyl sites for hydroxylation is 2. The Morgan fingerprint density at radius 3 is 2.54 bits per heavy atom. The van der Waals surface area contributed by atoms with Crippen molar-refractivity contribution in [3.05, 3.63) is 65.0 Å². The van der Waals surface area contributed by atoms with E-state index in [1.807, 2.05) is 19.2 Å². The lowest BCUT2D eigenvalue weighted by Crippen LogP contribution is -2.10. The summed E-state index contributed by atoms with van der Waals surface area (Å²) in [5.41, 5.74) is 4.68. The molecule has 0 fully saturated rings. The number of phenolic OH excluding ortho intramolecular Hbond substituents is 1. The van der Waals surface area contributed by atoms with Gasteiger partial charge in [0, 0.05) is 19.2 Å². The molecule has 0 aliphatic heterocycles. The first-order valence-corrected chi connectivity index (χ1v) is 9.13. The zero-order valence-electron chi connectivity index (χ0n) is 14.8. The summed E-state index contributed by atoms with van der Waals surface area (Å²) in [6.45, 7) is 4.22. The number of nitrogens with zero attached hydrogens (tertiary/aromatic N) is 5. The van der Waals surface area contributed by atoms with Gasteiger partial charge in [0.25, 0.3) is 0 Å². The lowest BCUT2D eigenvalue weighted by Gasteiger charge is -2.16. The summed E-state index contributed by atoms with van der Waals surface area (Å²) in [4.78, 5) is 2.83. The molecule has 7 heteroatoms. The molecule has 4 rings (SSSR count). The highest BCUT2D eigenvalue weighted by Crippen LogP contribution is 2.29. The smallest absolute Gasteiger partial charge is 0.236 e. The van der Waals surface area contributed by atoms with Gasteiger partial charge >= 0.3 is 0 Å². The van der Waals surface area contributed by atoms with Crippen molar-refractivity contribution < 1.29 is 5.11 Å². The maximum Gasteiger partial charge on any atom is 0.236 e. The van der Waals surface area contributed by atoms with E-state index < -0.39 is 0 Å². The van der Waals surface area contributed by atoms with E-state index in [0.29, 0.717) is 6.42 Å². The Hall–Kier alpha value is -2.93. The molecular weight excluding hydrogens is 346 g/mol. The first-order chi connectivity index (χ1) is 12.5. The Labute approximate surface area is 155 Å². The van der Waals surface area contributed by atoms with Crippen LogP contribution in [-0.4, -0.2) is 32.0 Å². The second kappa shape index (κ2) is 6.42. The normalized spacial score (nSPS) is 11.2. The zero-order valence-corrected chi connectivity index (χ0v) is 15.7. The van der Waals surface area contributed by atoms with Crippen LogP contribution in [0.4, 0.5) is 10.8 Å². The summed E-state index contributed by atoms with van der Waals surface area (Å²) in [7, 11) is 2.01. The monoisotopic (exact) mass is 365 g/mol. The molecule has 0 spiro atoms. The molecule has 2 heterocycles. The lowest BCUT2D eigenvalue weighted by molar-refractivity contribution is 0.475. The van der Waals surface area contributed by atoms with Crippen molar-refractivity contribution in [2.75, 3.05) is 11.9 Å². The Morgan fingerprint density at radius 2 is 1.81 bits per heavy atom. The van der Waals surface area contributed by atoms with Crippen molar-refractivity contribution >= 4 is 27.1 Å².